The highest BCUT2D eigenvalue weighted by Crippen LogP contribution is 2.38. The van der Waals surface area contributed by atoms with Gasteiger partial charge in [-0.1, -0.05) is 0 Å². The van der Waals surface area contributed by atoms with Crippen LogP contribution in [0.1, 0.15) is 58.6 Å². The van der Waals surface area contributed by atoms with Crippen molar-refractivity contribution in [3.05, 3.63) is 46.9 Å². The van der Waals surface area contributed by atoms with E-state index >= 15 is 0 Å². The number of aromatic nitrogens is 2. The quantitative estimate of drug-likeness (QED) is 0.757. The molecule has 4 atom stereocenters. The van der Waals surface area contributed by atoms with Crippen LogP contribution in [0.3, 0.4) is 0 Å². The first-order valence-corrected chi connectivity index (χ1v) is 9.16. The van der Waals surface area contributed by atoms with Crippen LogP contribution in [0.2, 0.25) is 0 Å². The van der Waals surface area contributed by atoms with Gasteiger partial charge in [0.1, 0.15) is 17.5 Å². The Balaban J connectivity index is 1.45. The molecule has 1 aliphatic heterocycles. The number of nitrogens with one attached hydrogen (secondary N) is 3. The van der Waals surface area contributed by atoms with E-state index in [2.05, 4.69) is 26.1 Å². The highest BCUT2D eigenvalue weighted by atomic mass is 16.4. The molecule has 1 aliphatic carbocycles. The maximum Gasteiger partial charge on any atom is 0.270 e. The Bertz CT molecular complexity index is 902. The van der Waals surface area contributed by atoms with Crippen LogP contribution in [0.4, 0.5) is 0 Å². The number of oxazole rings is 1. The monoisotopic (exact) mass is 366 g/mol. The lowest BCUT2D eigenvalue weighted by Crippen LogP contribution is -2.44. The van der Waals surface area contributed by atoms with Crippen LogP contribution in [0.15, 0.2) is 22.9 Å². The molecule has 2 aromatic heterocycles. The largest absolute Gasteiger partial charge is 0.444 e. The number of carbonyl (C=O) groups excluding carboxylic acids is 1. The number of aryl methyl sites for hydroxylation is 2. The molecule has 0 aromatic carbocycles. The van der Waals surface area contributed by atoms with Gasteiger partial charge in [-0.3, -0.25) is 10.2 Å². The van der Waals surface area contributed by atoms with Gasteiger partial charge in [-0.25, -0.2) is 15.4 Å². The highest BCUT2D eigenvalue weighted by Gasteiger charge is 2.42. The van der Waals surface area contributed by atoms with E-state index in [0.29, 0.717) is 34.7 Å². The number of carbonyl (C=O) groups is 1. The molecular formula is C19H22N6O2. The summed E-state index contributed by atoms with van der Waals surface area (Å²) in [5, 5.41) is 12.1. The predicted octanol–water partition coefficient (Wildman–Crippen LogP) is 1.67. The summed E-state index contributed by atoms with van der Waals surface area (Å²) in [6.07, 6.45) is 5.91. The zero-order valence-corrected chi connectivity index (χ0v) is 15.3. The van der Waals surface area contributed by atoms with Crippen LogP contribution < -0.4 is 16.2 Å². The van der Waals surface area contributed by atoms with Crippen molar-refractivity contribution in [3.8, 4) is 6.07 Å². The SMILES string of the molecule is Cc1ncc(C2NNC3CCC(NC(=O)c4ncc(C#N)cc4C)CC32)o1. The van der Waals surface area contributed by atoms with Crippen LogP contribution >= 0.6 is 0 Å². The highest BCUT2D eigenvalue weighted by molar-refractivity contribution is 5.93. The first kappa shape index (κ1) is 17.6. The van der Waals surface area contributed by atoms with Crippen LogP contribution in [0.25, 0.3) is 0 Å². The molecular weight excluding hydrogens is 344 g/mol. The molecule has 0 radical (unpaired) electrons. The minimum atomic E-state index is -0.189. The predicted molar refractivity (Wildman–Crippen MR) is 96.3 cm³/mol. The molecule has 4 unspecified atom stereocenters. The van der Waals surface area contributed by atoms with Gasteiger partial charge in [0, 0.05) is 31.1 Å². The van der Waals surface area contributed by atoms with E-state index in [1.165, 1.54) is 6.20 Å². The van der Waals surface area contributed by atoms with Crippen molar-refractivity contribution < 1.29 is 9.21 Å². The van der Waals surface area contributed by atoms with Crippen molar-refractivity contribution >= 4 is 5.91 Å². The normalized spacial score (nSPS) is 27.0. The molecule has 2 fully saturated rings. The Morgan fingerprint density at radius 2 is 2.15 bits per heavy atom. The van der Waals surface area contributed by atoms with Gasteiger partial charge >= 0.3 is 0 Å². The molecule has 1 saturated heterocycles. The third-order valence-electron chi connectivity index (χ3n) is 5.46. The number of hydrogen-bond donors (Lipinski definition) is 3. The molecule has 1 amide bonds. The number of fused-ring (bicyclic) bond motifs is 1. The van der Waals surface area contributed by atoms with E-state index in [0.717, 1.165) is 25.0 Å². The van der Waals surface area contributed by atoms with Crippen molar-refractivity contribution in [2.75, 3.05) is 0 Å². The number of amides is 1. The van der Waals surface area contributed by atoms with E-state index in [1.54, 1.807) is 19.2 Å². The molecule has 3 heterocycles. The molecule has 1 saturated carbocycles. The standard InChI is InChI=1S/C19H22N6O2/c1-10-5-12(7-20)8-22-17(10)19(26)23-13-3-4-15-14(6-13)18(25-24-15)16-9-21-11(2)27-16/h5,8-9,13-15,18,24-25H,3-4,6H2,1-2H3,(H,23,26). The number of hydrazine groups is 1. The summed E-state index contributed by atoms with van der Waals surface area (Å²) >= 11 is 0. The summed E-state index contributed by atoms with van der Waals surface area (Å²) in [5.74, 6) is 1.60. The number of rotatable bonds is 3. The summed E-state index contributed by atoms with van der Waals surface area (Å²) in [6, 6.07) is 4.20. The number of pyridine rings is 1. The van der Waals surface area contributed by atoms with E-state index in [-0.39, 0.29) is 18.0 Å². The molecule has 2 aromatic rings. The lowest BCUT2D eigenvalue weighted by atomic mass is 9.78. The average molecular weight is 366 g/mol. The maximum atomic E-state index is 12.7. The fourth-order valence-electron chi connectivity index (χ4n) is 4.12. The van der Waals surface area contributed by atoms with Crippen molar-refractivity contribution in [2.24, 2.45) is 5.92 Å². The van der Waals surface area contributed by atoms with Crippen LogP contribution in [0, 0.1) is 31.1 Å². The zero-order valence-electron chi connectivity index (χ0n) is 15.3. The van der Waals surface area contributed by atoms with Crippen molar-refractivity contribution in [2.45, 2.75) is 51.2 Å². The van der Waals surface area contributed by atoms with Gasteiger partial charge in [0.2, 0.25) is 0 Å². The Morgan fingerprint density at radius 1 is 1.30 bits per heavy atom. The second-order valence-electron chi connectivity index (χ2n) is 7.30. The first-order valence-electron chi connectivity index (χ1n) is 9.16. The minimum Gasteiger partial charge on any atom is -0.444 e. The second-order valence-corrected chi connectivity index (χ2v) is 7.30. The van der Waals surface area contributed by atoms with Gasteiger partial charge < -0.3 is 9.73 Å². The topological polar surface area (TPSA) is 116 Å². The second kappa shape index (κ2) is 7.10. The zero-order chi connectivity index (χ0) is 19.0. The van der Waals surface area contributed by atoms with Gasteiger partial charge in [-0.05, 0) is 37.8 Å². The van der Waals surface area contributed by atoms with Gasteiger partial charge in [0.15, 0.2) is 5.89 Å². The Labute approximate surface area is 157 Å². The molecule has 8 nitrogen and oxygen atoms in total. The van der Waals surface area contributed by atoms with E-state index in [1.807, 2.05) is 13.0 Å². The lowest BCUT2D eigenvalue weighted by molar-refractivity contribution is 0.0908. The van der Waals surface area contributed by atoms with Gasteiger partial charge in [0.05, 0.1) is 17.8 Å². The third-order valence-corrected chi connectivity index (χ3v) is 5.46. The molecule has 3 N–H and O–H groups in total. The Morgan fingerprint density at radius 3 is 2.85 bits per heavy atom. The number of nitrogens with zero attached hydrogens (tertiary/aromatic N) is 3. The third kappa shape index (κ3) is 3.44. The maximum absolute atomic E-state index is 12.7. The molecule has 0 bridgehead atoms. The lowest BCUT2D eigenvalue weighted by Gasteiger charge is -2.33. The van der Waals surface area contributed by atoms with Gasteiger partial charge in [-0.15, -0.1) is 0 Å². The summed E-state index contributed by atoms with van der Waals surface area (Å²) in [5.41, 5.74) is 8.21. The smallest absolute Gasteiger partial charge is 0.270 e. The molecule has 4 rings (SSSR count). The van der Waals surface area contributed by atoms with Crippen molar-refractivity contribution in [1.29, 1.82) is 5.26 Å². The molecule has 8 heteroatoms. The van der Waals surface area contributed by atoms with Gasteiger partial charge in [-0.2, -0.15) is 5.26 Å². The fraction of sp³-hybridized carbons (Fsp3) is 0.474. The van der Waals surface area contributed by atoms with E-state index in [9.17, 15) is 4.79 Å². The van der Waals surface area contributed by atoms with Crippen LogP contribution in [-0.2, 0) is 0 Å². The van der Waals surface area contributed by atoms with Gasteiger partial charge in [0.25, 0.3) is 5.91 Å². The van der Waals surface area contributed by atoms with Crippen molar-refractivity contribution in [3.63, 3.8) is 0 Å². The van der Waals surface area contributed by atoms with Crippen LogP contribution in [-0.4, -0.2) is 28.0 Å². The molecule has 0 spiro atoms. The summed E-state index contributed by atoms with van der Waals surface area (Å²) in [7, 11) is 0. The summed E-state index contributed by atoms with van der Waals surface area (Å²) < 4.78 is 5.70. The Hall–Kier alpha value is -2.76. The average Bonchev–Trinajstić information content (AvgIpc) is 3.27. The Kier molecular flexibility index (Phi) is 4.64. The van der Waals surface area contributed by atoms with E-state index in [4.69, 9.17) is 9.68 Å². The number of nitriles is 1. The fourth-order valence-corrected chi connectivity index (χ4v) is 4.12. The molecule has 140 valence electrons. The van der Waals surface area contributed by atoms with Crippen molar-refractivity contribution in [1.82, 2.24) is 26.1 Å². The minimum absolute atomic E-state index is 0.0469. The first-order chi connectivity index (χ1) is 13.0. The van der Waals surface area contributed by atoms with Crippen LogP contribution in [0.5, 0.6) is 0 Å². The summed E-state index contributed by atoms with van der Waals surface area (Å²) in [6.45, 7) is 3.63. The summed E-state index contributed by atoms with van der Waals surface area (Å²) in [4.78, 5) is 21.0. The van der Waals surface area contributed by atoms with E-state index < -0.39 is 0 Å². The molecule has 2 aliphatic rings. The molecule has 27 heavy (non-hydrogen) atoms. The number of hydrogen-bond acceptors (Lipinski definition) is 7.